The minimum atomic E-state index is -0.0887. The minimum absolute atomic E-state index is 0.0887. The normalized spacial score (nSPS) is 13.5. The number of Topliss-reactive ketones (excluding diaryl/α,β-unsaturated/α-hetero) is 1. The molecule has 4 heteroatoms. The second kappa shape index (κ2) is 3.81. The van der Waals surface area contributed by atoms with Crippen molar-refractivity contribution in [2.75, 3.05) is 20.3 Å². The standard InChI is InChI=1S/C11H12O4/c1-7(12)10-8(13-2)3-4-9-11(10)15-6-5-14-9/h3-4H,5-6H2,1-2H3. The Morgan fingerprint density at radius 3 is 2.73 bits per heavy atom. The topological polar surface area (TPSA) is 44.8 Å². The number of ether oxygens (including phenoxy) is 3. The summed E-state index contributed by atoms with van der Waals surface area (Å²) in [6.45, 7) is 2.45. The molecule has 0 aliphatic carbocycles. The lowest BCUT2D eigenvalue weighted by Crippen LogP contribution is -2.17. The average molecular weight is 208 g/mol. The summed E-state index contributed by atoms with van der Waals surface area (Å²) in [6, 6.07) is 3.46. The third-order valence-electron chi connectivity index (χ3n) is 2.24. The van der Waals surface area contributed by atoms with Crippen LogP contribution in [0.15, 0.2) is 12.1 Å². The first-order valence-corrected chi connectivity index (χ1v) is 4.71. The molecule has 0 saturated heterocycles. The molecular weight excluding hydrogens is 196 g/mol. The molecule has 1 heterocycles. The molecule has 0 radical (unpaired) electrons. The van der Waals surface area contributed by atoms with Crippen molar-refractivity contribution in [3.8, 4) is 17.2 Å². The van der Waals surface area contributed by atoms with Crippen LogP contribution in [0, 0.1) is 0 Å². The molecule has 0 amide bonds. The van der Waals surface area contributed by atoms with E-state index in [1.54, 1.807) is 12.1 Å². The van der Waals surface area contributed by atoms with Crippen LogP contribution in [0.5, 0.6) is 17.2 Å². The SMILES string of the molecule is COc1ccc2c(c1C(C)=O)OCCO2. The second-order valence-corrected chi connectivity index (χ2v) is 3.22. The highest BCUT2D eigenvalue weighted by atomic mass is 16.6. The predicted molar refractivity (Wildman–Crippen MR) is 54.0 cm³/mol. The molecular formula is C11H12O4. The zero-order valence-electron chi connectivity index (χ0n) is 8.70. The molecule has 1 aromatic carbocycles. The van der Waals surface area contributed by atoms with Gasteiger partial charge in [0.1, 0.15) is 24.5 Å². The summed E-state index contributed by atoms with van der Waals surface area (Å²) in [4.78, 5) is 11.5. The fraction of sp³-hybridized carbons (Fsp3) is 0.364. The number of fused-ring (bicyclic) bond motifs is 1. The number of ketones is 1. The Bertz CT molecular complexity index is 398. The highest BCUT2D eigenvalue weighted by molar-refractivity contribution is 6.00. The molecule has 1 aliphatic heterocycles. The summed E-state index contributed by atoms with van der Waals surface area (Å²) in [7, 11) is 1.53. The molecule has 0 aromatic heterocycles. The Balaban J connectivity index is 2.59. The number of carbonyl (C=O) groups excluding carboxylic acids is 1. The van der Waals surface area contributed by atoms with Crippen molar-refractivity contribution in [2.24, 2.45) is 0 Å². The quantitative estimate of drug-likeness (QED) is 0.693. The van der Waals surface area contributed by atoms with Gasteiger partial charge in [0, 0.05) is 0 Å². The van der Waals surface area contributed by atoms with Gasteiger partial charge in [-0.15, -0.1) is 0 Å². The molecule has 0 spiro atoms. The van der Waals surface area contributed by atoms with Gasteiger partial charge in [0.2, 0.25) is 0 Å². The number of rotatable bonds is 2. The van der Waals surface area contributed by atoms with E-state index >= 15 is 0 Å². The number of hydrogen-bond acceptors (Lipinski definition) is 4. The fourth-order valence-corrected chi connectivity index (χ4v) is 1.60. The summed E-state index contributed by atoms with van der Waals surface area (Å²) in [5.74, 6) is 1.53. The highest BCUT2D eigenvalue weighted by Gasteiger charge is 2.22. The fourth-order valence-electron chi connectivity index (χ4n) is 1.60. The van der Waals surface area contributed by atoms with Crippen LogP contribution in [0.2, 0.25) is 0 Å². The van der Waals surface area contributed by atoms with Crippen LogP contribution >= 0.6 is 0 Å². The lowest BCUT2D eigenvalue weighted by Gasteiger charge is -2.21. The Morgan fingerprint density at radius 2 is 2.07 bits per heavy atom. The minimum Gasteiger partial charge on any atom is -0.496 e. The number of carbonyl (C=O) groups is 1. The van der Waals surface area contributed by atoms with Gasteiger partial charge < -0.3 is 14.2 Å². The summed E-state index contributed by atoms with van der Waals surface area (Å²) in [5, 5.41) is 0. The van der Waals surface area contributed by atoms with Gasteiger partial charge in [-0.25, -0.2) is 0 Å². The molecule has 0 bridgehead atoms. The van der Waals surface area contributed by atoms with Crippen molar-refractivity contribution in [3.05, 3.63) is 17.7 Å². The van der Waals surface area contributed by atoms with E-state index in [1.807, 2.05) is 0 Å². The van der Waals surface area contributed by atoms with E-state index in [9.17, 15) is 4.79 Å². The monoisotopic (exact) mass is 208 g/mol. The van der Waals surface area contributed by atoms with Crippen LogP contribution < -0.4 is 14.2 Å². The van der Waals surface area contributed by atoms with Crippen LogP contribution in [-0.4, -0.2) is 26.1 Å². The van der Waals surface area contributed by atoms with E-state index in [4.69, 9.17) is 14.2 Å². The van der Waals surface area contributed by atoms with Crippen molar-refractivity contribution in [1.29, 1.82) is 0 Å². The Labute approximate surface area is 87.8 Å². The van der Waals surface area contributed by atoms with E-state index in [2.05, 4.69) is 0 Å². The van der Waals surface area contributed by atoms with Gasteiger partial charge in [0.25, 0.3) is 0 Å². The third-order valence-corrected chi connectivity index (χ3v) is 2.24. The maximum atomic E-state index is 11.5. The molecule has 0 fully saturated rings. The van der Waals surface area contributed by atoms with Gasteiger partial charge in [-0.1, -0.05) is 0 Å². The van der Waals surface area contributed by atoms with Gasteiger partial charge in [-0.3, -0.25) is 4.79 Å². The summed E-state index contributed by atoms with van der Waals surface area (Å²) in [5.41, 5.74) is 0.453. The maximum absolute atomic E-state index is 11.5. The maximum Gasteiger partial charge on any atom is 0.175 e. The van der Waals surface area contributed by atoms with Crippen molar-refractivity contribution in [2.45, 2.75) is 6.92 Å². The summed E-state index contributed by atoms with van der Waals surface area (Å²) >= 11 is 0. The van der Waals surface area contributed by atoms with Gasteiger partial charge in [-0.2, -0.15) is 0 Å². The molecule has 0 unspecified atom stereocenters. The van der Waals surface area contributed by atoms with Gasteiger partial charge in [0.15, 0.2) is 17.3 Å². The lowest BCUT2D eigenvalue weighted by molar-refractivity contribution is 0.0998. The summed E-state index contributed by atoms with van der Waals surface area (Å²) in [6.07, 6.45) is 0. The smallest absolute Gasteiger partial charge is 0.175 e. The zero-order chi connectivity index (χ0) is 10.8. The van der Waals surface area contributed by atoms with Crippen LogP contribution in [0.3, 0.4) is 0 Å². The molecule has 15 heavy (non-hydrogen) atoms. The van der Waals surface area contributed by atoms with Crippen LogP contribution in [0.4, 0.5) is 0 Å². The molecule has 0 atom stereocenters. The second-order valence-electron chi connectivity index (χ2n) is 3.22. The van der Waals surface area contributed by atoms with E-state index in [-0.39, 0.29) is 5.78 Å². The van der Waals surface area contributed by atoms with Crippen LogP contribution in [-0.2, 0) is 0 Å². The van der Waals surface area contributed by atoms with Gasteiger partial charge in [0.05, 0.1) is 7.11 Å². The Kier molecular flexibility index (Phi) is 2.49. The van der Waals surface area contributed by atoms with E-state index in [0.717, 1.165) is 0 Å². The first kappa shape index (κ1) is 9.83. The van der Waals surface area contributed by atoms with E-state index in [1.165, 1.54) is 14.0 Å². The van der Waals surface area contributed by atoms with Crippen LogP contribution in [0.1, 0.15) is 17.3 Å². The van der Waals surface area contributed by atoms with Gasteiger partial charge in [-0.05, 0) is 19.1 Å². The molecule has 0 saturated carbocycles. The van der Waals surface area contributed by atoms with Crippen molar-refractivity contribution < 1.29 is 19.0 Å². The van der Waals surface area contributed by atoms with E-state index in [0.29, 0.717) is 36.0 Å². The molecule has 80 valence electrons. The first-order chi connectivity index (χ1) is 7.24. The number of methoxy groups -OCH3 is 1. The first-order valence-electron chi connectivity index (χ1n) is 4.71. The average Bonchev–Trinajstić information content (AvgIpc) is 2.27. The molecule has 1 aliphatic rings. The molecule has 1 aromatic rings. The Morgan fingerprint density at radius 1 is 1.33 bits per heavy atom. The highest BCUT2D eigenvalue weighted by Crippen LogP contribution is 2.39. The Hall–Kier alpha value is -1.71. The van der Waals surface area contributed by atoms with E-state index < -0.39 is 0 Å². The predicted octanol–water partition coefficient (Wildman–Crippen LogP) is 1.67. The molecule has 4 nitrogen and oxygen atoms in total. The lowest BCUT2D eigenvalue weighted by atomic mass is 10.1. The third kappa shape index (κ3) is 1.63. The largest absolute Gasteiger partial charge is 0.496 e. The number of benzene rings is 1. The summed E-state index contributed by atoms with van der Waals surface area (Å²) < 4.78 is 15.9. The van der Waals surface area contributed by atoms with Crippen molar-refractivity contribution in [1.82, 2.24) is 0 Å². The van der Waals surface area contributed by atoms with Crippen LogP contribution in [0.25, 0.3) is 0 Å². The zero-order valence-corrected chi connectivity index (χ0v) is 8.70. The van der Waals surface area contributed by atoms with Crippen molar-refractivity contribution >= 4 is 5.78 Å². The number of hydrogen-bond donors (Lipinski definition) is 0. The molecule has 0 N–H and O–H groups in total. The van der Waals surface area contributed by atoms with Gasteiger partial charge >= 0.3 is 0 Å². The van der Waals surface area contributed by atoms with Crippen molar-refractivity contribution in [3.63, 3.8) is 0 Å². The molecule has 2 rings (SSSR count).